The first-order valence-corrected chi connectivity index (χ1v) is 11.5. The maximum Gasteiger partial charge on any atom is 0.267 e. The van der Waals surface area contributed by atoms with Crippen LogP contribution >= 0.6 is 11.3 Å². The molecular weight excluding hydrogens is 456 g/mol. The predicted molar refractivity (Wildman–Crippen MR) is 126 cm³/mol. The van der Waals surface area contributed by atoms with Gasteiger partial charge in [0.05, 0.1) is 22.5 Å². The zero-order chi connectivity index (χ0) is 24.0. The van der Waals surface area contributed by atoms with Crippen molar-refractivity contribution in [3.63, 3.8) is 0 Å². The highest BCUT2D eigenvalue weighted by atomic mass is 32.1. The van der Waals surface area contributed by atoms with Crippen LogP contribution in [0.1, 0.15) is 34.1 Å². The Morgan fingerprint density at radius 2 is 1.82 bits per heavy atom. The predicted octanol–water partition coefficient (Wildman–Crippen LogP) is 3.18. The standard InChI is InChI=1S/C24H20N4O5S/c1-13-21(30)27(2)18-11-14(7-8-19(18)33-13)17-12-34-24(25-17)26-20(29)9-10-28-22(31)15-5-3-4-6-16(15)23(28)32/h3-8,11-13H,9-10H2,1-2H3,(H,25,26,29). The monoisotopic (exact) mass is 476 g/mol. The van der Waals surface area contributed by atoms with E-state index in [9.17, 15) is 19.2 Å². The number of thiazole rings is 1. The number of nitrogens with one attached hydrogen (secondary N) is 1. The number of carbonyl (C=O) groups is 4. The van der Waals surface area contributed by atoms with Gasteiger partial charge in [-0.3, -0.25) is 24.1 Å². The highest BCUT2D eigenvalue weighted by Gasteiger charge is 2.35. The summed E-state index contributed by atoms with van der Waals surface area (Å²) in [4.78, 5) is 56.6. The topological polar surface area (TPSA) is 109 Å². The number of imide groups is 1. The molecule has 3 heterocycles. The highest BCUT2D eigenvalue weighted by molar-refractivity contribution is 7.14. The van der Waals surface area contributed by atoms with Crippen LogP contribution in [0.15, 0.2) is 47.8 Å². The molecule has 1 aromatic heterocycles. The molecule has 1 unspecified atom stereocenters. The normalized spacial score (nSPS) is 16.9. The molecule has 9 nitrogen and oxygen atoms in total. The summed E-state index contributed by atoms with van der Waals surface area (Å²) in [5.74, 6) is -0.641. The van der Waals surface area contributed by atoms with Crippen LogP contribution in [-0.2, 0) is 9.59 Å². The smallest absolute Gasteiger partial charge is 0.267 e. The molecule has 2 aliphatic rings. The summed E-state index contributed by atoms with van der Waals surface area (Å²) in [5, 5.41) is 4.92. The van der Waals surface area contributed by atoms with E-state index < -0.39 is 6.10 Å². The fourth-order valence-corrected chi connectivity index (χ4v) is 4.71. The van der Waals surface area contributed by atoms with E-state index in [0.717, 1.165) is 10.5 Å². The molecule has 4 amide bonds. The van der Waals surface area contributed by atoms with Crippen LogP contribution in [0.5, 0.6) is 5.75 Å². The first kappa shape index (κ1) is 21.8. The molecule has 0 saturated heterocycles. The van der Waals surface area contributed by atoms with Crippen LogP contribution < -0.4 is 15.0 Å². The van der Waals surface area contributed by atoms with Crippen molar-refractivity contribution in [1.29, 1.82) is 0 Å². The third-order valence-electron chi connectivity index (χ3n) is 5.79. The Labute approximate surface area is 199 Å². The number of hydrogen-bond acceptors (Lipinski definition) is 7. The highest BCUT2D eigenvalue weighted by Crippen LogP contribution is 2.37. The molecule has 2 aliphatic heterocycles. The summed E-state index contributed by atoms with van der Waals surface area (Å²) in [6, 6.07) is 12.1. The molecule has 10 heteroatoms. The zero-order valence-corrected chi connectivity index (χ0v) is 19.2. The van der Waals surface area contributed by atoms with Crippen molar-refractivity contribution >= 4 is 45.8 Å². The van der Waals surface area contributed by atoms with Gasteiger partial charge in [0.25, 0.3) is 17.7 Å². The third-order valence-corrected chi connectivity index (χ3v) is 6.55. The molecule has 0 radical (unpaired) electrons. The Kier molecular flexibility index (Phi) is 5.37. The molecule has 0 bridgehead atoms. The maximum absolute atomic E-state index is 12.4. The Hall–Kier alpha value is -4.05. The van der Waals surface area contributed by atoms with E-state index in [-0.39, 0.29) is 36.6 Å². The van der Waals surface area contributed by atoms with Crippen molar-refractivity contribution in [1.82, 2.24) is 9.88 Å². The Morgan fingerprint density at radius 3 is 2.53 bits per heavy atom. The molecule has 5 rings (SSSR count). The minimum absolute atomic E-state index is 0.0139. The lowest BCUT2D eigenvalue weighted by molar-refractivity contribution is -0.125. The molecule has 3 aromatic rings. The van der Waals surface area contributed by atoms with Gasteiger partial charge in [0.2, 0.25) is 5.91 Å². The van der Waals surface area contributed by atoms with Crippen molar-refractivity contribution < 1.29 is 23.9 Å². The number of anilines is 2. The second-order valence-electron chi connectivity index (χ2n) is 7.98. The molecule has 1 N–H and O–H groups in total. The van der Waals surface area contributed by atoms with E-state index in [0.29, 0.717) is 33.4 Å². The molecule has 172 valence electrons. The number of fused-ring (bicyclic) bond motifs is 2. The first-order valence-electron chi connectivity index (χ1n) is 10.6. The van der Waals surface area contributed by atoms with E-state index in [1.54, 1.807) is 54.6 Å². The van der Waals surface area contributed by atoms with Crippen LogP contribution in [0, 0.1) is 0 Å². The van der Waals surface area contributed by atoms with Crippen LogP contribution in [0.4, 0.5) is 10.8 Å². The number of likely N-dealkylation sites (N-methyl/N-ethyl adjacent to an activating group) is 1. The minimum atomic E-state index is -0.537. The lowest BCUT2D eigenvalue weighted by Crippen LogP contribution is -2.41. The van der Waals surface area contributed by atoms with Gasteiger partial charge < -0.3 is 15.0 Å². The second kappa shape index (κ2) is 8.38. The van der Waals surface area contributed by atoms with Crippen molar-refractivity contribution in [2.75, 3.05) is 23.8 Å². The van der Waals surface area contributed by atoms with Crippen LogP contribution in [0.3, 0.4) is 0 Å². The number of aromatic nitrogens is 1. The Bertz CT molecular complexity index is 1320. The molecule has 0 saturated carbocycles. The molecular formula is C24H20N4O5S. The van der Waals surface area contributed by atoms with Gasteiger partial charge in [-0.05, 0) is 37.3 Å². The minimum Gasteiger partial charge on any atom is -0.479 e. The summed E-state index contributed by atoms with van der Waals surface area (Å²) in [5.41, 5.74) is 2.78. The van der Waals surface area contributed by atoms with Gasteiger partial charge in [0.15, 0.2) is 11.2 Å². The summed E-state index contributed by atoms with van der Waals surface area (Å²) in [6.07, 6.45) is -0.577. The number of ether oxygens (including phenoxy) is 1. The van der Waals surface area contributed by atoms with Crippen molar-refractivity contribution in [2.24, 2.45) is 0 Å². The second-order valence-corrected chi connectivity index (χ2v) is 8.84. The summed E-state index contributed by atoms with van der Waals surface area (Å²) >= 11 is 1.26. The SMILES string of the molecule is CC1Oc2ccc(-c3csc(NC(=O)CCN4C(=O)c5ccccc5C4=O)n3)cc2N(C)C1=O. The molecule has 0 fully saturated rings. The van der Waals surface area contributed by atoms with E-state index in [1.165, 1.54) is 11.3 Å². The van der Waals surface area contributed by atoms with E-state index in [2.05, 4.69) is 10.3 Å². The van der Waals surface area contributed by atoms with E-state index in [1.807, 2.05) is 12.1 Å². The largest absolute Gasteiger partial charge is 0.479 e. The van der Waals surface area contributed by atoms with Crippen LogP contribution in [0.25, 0.3) is 11.3 Å². The fraction of sp³-hybridized carbons (Fsp3) is 0.208. The lowest BCUT2D eigenvalue weighted by atomic mass is 10.1. The number of rotatable bonds is 5. The number of benzene rings is 2. The number of amides is 4. The van der Waals surface area contributed by atoms with Gasteiger partial charge in [-0.15, -0.1) is 11.3 Å². The van der Waals surface area contributed by atoms with Crippen molar-refractivity contribution in [2.45, 2.75) is 19.4 Å². The maximum atomic E-state index is 12.4. The zero-order valence-electron chi connectivity index (χ0n) is 18.4. The van der Waals surface area contributed by atoms with Crippen molar-refractivity contribution in [3.05, 3.63) is 59.0 Å². The molecule has 34 heavy (non-hydrogen) atoms. The van der Waals surface area contributed by atoms with Gasteiger partial charge >= 0.3 is 0 Å². The fourth-order valence-electron chi connectivity index (χ4n) is 3.97. The Balaban J connectivity index is 1.23. The number of hydrogen-bond donors (Lipinski definition) is 1. The van der Waals surface area contributed by atoms with Crippen molar-refractivity contribution in [3.8, 4) is 17.0 Å². The Morgan fingerprint density at radius 1 is 1.12 bits per heavy atom. The molecule has 0 aliphatic carbocycles. The van der Waals surface area contributed by atoms with Gasteiger partial charge in [0, 0.05) is 31.0 Å². The van der Waals surface area contributed by atoms with Gasteiger partial charge in [0.1, 0.15) is 5.75 Å². The average molecular weight is 477 g/mol. The number of nitrogens with zero attached hydrogens (tertiary/aromatic N) is 3. The summed E-state index contributed by atoms with van der Waals surface area (Å²) in [7, 11) is 1.70. The molecule has 0 spiro atoms. The molecule has 2 aromatic carbocycles. The van der Waals surface area contributed by atoms with Crippen LogP contribution in [-0.4, -0.2) is 53.2 Å². The quantitative estimate of drug-likeness (QED) is 0.567. The summed E-state index contributed by atoms with van der Waals surface area (Å²) < 4.78 is 5.65. The van der Waals surface area contributed by atoms with Gasteiger partial charge in [-0.1, -0.05) is 12.1 Å². The van der Waals surface area contributed by atoms with E-state index >= 15 is 0 Å². The lowest BCUT2D eigenvalue weighted by Gasteiger charge is -2.30. The van der Waals surface area contributed by atoms with Gasteiger partial charge in [-0.2, -0.15) is 0 Å². The van der Waals surface area contributed by atoms with E-state index in [4.69, 9.17) is 4.74 Å². The molecule has 1 atom stereocenters. The van der Waals surface area contributed by atoms with Crippen LogP contribution in [0.2, 0.25) is 0 Å². The summed E-state index contributed by atoms with van der Waals surface area (Å²) in [6.45, 7) is 1.69. The average Bonchev–Trinajstić information content (AvgIpc) is 3.39. The third kappa shape index (κ3) is 3.71. The van der Waals surface area contributed by atoms with Gasteiger partial charge in [-0.25, -0.2) is 4.98 Å². The number of carbonyl (C=O) groups excluding carboxylic acids is 4. The first-order chi connectivity index (χ1) is 16.3.